The van der Waals surface area contributed by atoms with Crippen LogP contribution in [0.4, 0.5) is 11.6 Å². The van der Waals surface area contributed by atoms with Crippen molar-refractivity contribution in [3.05, 3.63) is 11.9 Å². The molecule has 1 aliphatic heterocycles. The monoisotopic (exact) mass is 308 g/mol. The van der Waals surface area contributed by atoms with Gasteiger partial charge in [0.15, 0.2) is 0 Å². The summed E-state index contributed by atoms with van der Waals surface area (Å²) in [4.78, 5) is 11.9. The minimum atomic E-state index is 0.348. The van der Waals surface area contributed by atoms with E-state index in [1.807, 2.05) is 0 Å². The number of hydrogen-bond acceptors (Lipinski definition) is 5. The highest BCUT2D eigenvalue weighted by Gasteiger charge is 2.24. The van der Waals surface area contributed by atoms with Crippen molar-refractivity contribution in [2.75, 3.05) is 29.9 Å². The SMILES string of the molecule is CCCNc1cc(N2CC(C)SC(C)C2)nc(C(C)C)n1. The molecule has 1 fully saturated rings. The van der Waals surface area contributed by atoms with Crippen LogP contribution in [0.2, 0.25) is 0 Å². The Morgan fingerprint density at radius 3 is 2.52 bits per heavy atom. The molecule has 1 aliphatic rings. The van der Waals surface area contributed by atoms with Crippen LogP contribution in [0.25, 0.3) is 0 Å². The number of nitrogens with zero attached hydrogens (tertiary/aromatic N) is 3. The first-order chi connectivity index (χ1) is 9.99. The largest absolute Gasteiger partial charge is 0.370 e. The average Bonchev–Trinajstić information content (AvgIpc) is 2.43. The normalized spacial score (nSPS) is 22.7. The number of anilines is 2. The van der Waals surface area contributed by atoms with Crippen molar-refractivity contribution >= 4 is 23.4 Å². The third-order valence-electron chi connectivity index (χ3n) is 3.55. The lowest BCUT2D eigenvalue weighted by atomic mass is 10.2. The number of nitrogens with one attached hydrogen (secondary N) is 1. The Bertz CT molecular complexity index is 454. The Morgan fingerprint density at radius 1 is 1.29 bits per heavy atom. The molecule has 5 heteroatoms. The van der Waals surface area contributed by atoms with Crippen molar-refractivity contribution in [3.8, 4) is 0 Å². The fourth-order valence-electron chi connectivity index (χ4n) is 2.58. The van der Waals surface area contributed by atoms with Crippen molar-refractivity contribution in [1.82, 2.24) is 9.97 Å². The third kappa shape index (κ3) is 4.50. The fourth-order valence-corrected chi connectivity index (χ4v) is 3.91. The molecule has 2 atom stereocenters. The first kappa shape index (κ1) is 16.4. The van der Waals surface area contributed by atoms with Crippen LogP contribution in [0.3, 0.4) is 0 Å². The van der Waals surface area contributed by atoms with E-state index in [9.17, 15) is 0 Å². The second-order valence-corrected chi connectivity index (χ2v) is 8.10. The summed E-state index contributed by atoms with van der Waals surface area (Å²) in [6.07, 6.45) is 1.10. The van der Waals surface area contributed by atoms with Crippen molar-refractivity contribution in [1.29, 1.82) is 0 Å². The Kier molecular flexibility index (Phi) is 5.73. The zero-order valence-electron chi connectivity index (χ0n) is 13.9. The molecule has 0 saturated carbocycles. The predicted octanol–water partition coefficient (Wildman–Crippen LogP) is 3.75. The zero-order valence-corrected chi connectivity index (χ0v) is 14.7. The van der Waals surface area contributed by atoms with E-state index in [0.29, 0.717) is 16.4 Å². The highest BCUT2D eigenvalue weighted by Crippen LogP contribution is 2.29. The lowest BCUT2D eigenvalue weighted by molar-refractivity contribution is 0.702. The third-order valence-corrected chi connectivity index (χ3v) is 4.77. The molecular formula is C16H28N4S. The fraction of sp³-hybridized carbons (Fsp3) is 0.750. The highest BCUT2D eigenvalue weighted by molar-refractivity contribution is 8.00. The summed E-state index contributed by atoms with van der Waals surface area (Å²) in [5.74, 6) is 3.32. The van der Waals surface area contributed by atoms with Crippen molar-refractivity contribution < 1.29 is 0 Å². The molecule has 1 aromatic rings. The molecule has 4 nitrogen and oxygen atoms in total. The number of thioether (sulfide) groups is 1. The van der Waals surface area contributed by atoms with Gasteiger partial charge < -0.3 is 10.2 Å². The lowest BCUT2D eigenvalue weighted by Gasteiger charge is -2.35. The van der Waals surface area contributed by atoms with Crippen LogP contribution in [0.1, 0.15) is 52.8 Å². The Labute approximate surface area is 133 Å². The van der Waals surface area contributed by atoms with E-state index in [4.69, 9.17) is 4.98 Å². The minimum Gasteiger partial charge on any atom is -0.370 e. The molecule has 2 heterocycles. The topological polar surface area (TPSA) is 41.0 Å². The quantitative estimate of drug-likeness (QED) is 0.897. The van der Waals surface area contributed by atoms with Gasteiger partial charge in [0, 0.05) is 42.1 Å². The molecule has 0 aliphatic carbocycles. The molecule has 1 aromatic heterocycles. The van der Waals surface area contributed by atoms with Gasteiger partial charge in [-0.05, 0) is 6.42 Å². The molecule has 2 rings (SSSR count). The Balaban J connectivity index is 2.26. The van der Waals surface area contributed by atoms with Crippen molar-refractivity contribution in [2.45, 2.75) is 57.5 Å². The van der Waals surface area contributed by atoms with Gasteiger partial charge >= 0.3 is 0 Å². The van der Waals surface area contributed by atoms with Gasteiger partial charge in [0.25, 0.3) is 0 Å². The van der Waals surface area contributed by atoms with Gasteiger partial charge in [-0.15, -0.1) is 0 Å². The highest BCUT2D eigenvalue weighted by atomic mass is 32.2. The summed E-state index contributed by atoms with van der Waals surface area (Å²) in [6.45, 7) is 14.2. The molecule has 0 radical (unpaired) electrons. The predicted molar refractivity (Wildman–Crippen MR) is 93.6 cm³/mol. The molecule has 1 saturated heterocycles. The van der Waals surface area contributed by atoms with Crippen LogP contribution >= 0.6 is 11.8 Å². The number of aromatic nitrogens is 2. The van der Waals surface area contributed by atoms with Crippen LogP contribution in [0, 0.1) is 0 Å². The van der Waals surface area contributed by atoms with Crippen molar-refractivity contribution in [3.63, 3.8) is 0 Å². The first-order valence-corrected chi connectivity index (χ1v) is 8.97. The van der Waals surface area contributed by atoms with Crippen LogP contribution in [0.5, 0.6) is 0 Å². The lowest BCUT2D eigenvalue weighted by Crippen LogP contribution is -2.41. The van der Waals surface area contributed by atoms with Gasteiger partial charge in [0.05, 0.1) is 0 Å². The zero-order chi connectivity index (χ0) is 15.4. The molecule has 0 amide bonds. The van der Waals surface area contributed by atoms with E-state index in [1.54, 1.807) is 0 Å². The smallest absolute Gasteiger partial charge is 0.135 e. The second-order valence-electron chi connectivity index (χ2n) is 6.21. The summed E-state index contributed by atoms with van der Waals surface area (Å²) in [5.41, 5.74) is 0. The summed E-state index contributed by atoms with van der Waals surface area (Å²) in [7, 11) is 0. The van der Waals surface area contributed by atoms with Gasteiger partial charge in [-0.2, -0.15) is 11.8 Å². The maximum atomic E-state index is 4.80. The van der Waals surface area contributed by atoms with Gasteiger partial charge in [0.1, 0.15) is 17.5 Å². The van der Waals surface area contributed by atoms with E-state index in [2.05, 4.69) is 67.6 Å². The van der Waals surface area contributed by atoms with E-state index in [1.165, 1.54) is 0 Å². The molecule has 2 unspecified atom stereocenters. The van der Waals surface area contributed by atoms with Crippen LogP contribution < -0.4 is 10.2 Å². The Morgan fingerprint density at radius 2 is 1.95 bits per heavy atom. The molecular weight excluding hydrogens is 280 g/mol. The maximum Gasteiger partial charge on any atom is 0.135 e. The number of rotatable bonds is 5. The minimum absolute atomic E-state index is 0.348. The summed E-state index contributed by atoms with van der Waals surface area (Å²) < 4.78 is 0. The molecule has 21 heavy (non-hydrogen) atoms. The van der Waals surface area contributed by atoms with Gasteiger partial charge in [-0.25, -0.2) is 9.97 Å². The Hall–Kier alpha value is -0.970. The molecule has 0 bridgehead atoms. The van der Waals surface area contributed by atoms with Crippen molar-refractivity contribution in [2.24, 2.45) is 0 Å². The molecule has 0 spiro atoms. The molecule has 118 valence electrons. The van der Waals surface area contributed by atoms with Crippen LogP contribution in [-0.4, -0.2) is 40.1 Å². The van der Waals surface area contributed by atoms with Crippen LogP contribution in [0.15, 0.2) is 6.07 Å². The number of hydrogen-bond donors (Lipinski definition) is 1. The summed E-state index contributed by atoms with van der Waals surface area (Å²) >= 11 is 2.07. The maximum absolute atomic E-state index is 4.80. The van der Waals surface area contributed by atoms with E-state index in [0.717, 1.165) is 43.5 Å². The second kappa shape index (κ2) is 7.34. The van der Waals surface area contributed by atoms with Gasteiger partial charge in [0.2, 0.25) is 0 Å². The van der Waals surface area contributed by atoms with E-state index in [-0.39, 0.29) is 0 Å². The molecule has 0 aromatic carbocycles. The first-order valence-electron chi connectivity index (χ1n) is 8.02. The average molecular weight is 308 g/mol. The summed E-state index contributed by atoms with van der Waals surface area (Å²) in [5, 5.41) is 4.71. The molecule has 1 N–H and O–H groups in total. The van der Waals surface area contributed by atoms with Gasteiger partial charge in [-0.1, -0.05) is 34.6 Å². The summed E-state index contributed by atoms with van der Waals surface area (Å²) in [6, 6.07) is 2.11. The standard InChI is InChI=1S/C16H28N4S/c1-6-7-17-14-8-15(19-16(18-14)11(2)3)20-9-12(4)21-13(5)10-20/h8,11-13H,6-7,9-10H2,1-5H3,(H,17,18,19). The van der Waals surface area contributed by atoms with Crippen LogP contribution in [-0.2, 0) is 0 Å². The van der Waals surface area contributed by atoms with Gasteiger partial charge in [-0.3, -0.25) is 0 Å². The van der Waals surface area contributed by atoms with E-state index < -0.39 is 0 Å². The van der Waals surface area contributed by atoms with E-state index >= 15 is 0 Å².